The number of aliphatic hydroxyl groups excluding tert-OH is 1. The minimum Gasteiger partial charge on any atom is -0.480 e. The second kappa shape index (κ2) is 5.14. The molecule has 0 aromatic carbocycles. The van der Waals surface area contributed by atoms with Gasteiger partial charge in [-0.3, -0.25) is 9.78 Å². The van der Waals surface area contributed by atoms with E-state index < -0.39 is 18.1 Å². The summed E-state index contributed by atoms with van der Waals surface area (Å²) < 4.78 is 0. The van der Waals surface area contributed by atoms with E-state index in [4.69, 9.17) is 5.11 Å². The second-order valence-corrected chi connectivity index (χ2v) is 4.33. The van der Waals surface area contributed by atoms with Gasteiger partial charge < -0.3 is 15.1 Å². The summed E-state index contributed by atoms with van der Waals surface area (Å²) in [6.45, 7) is 0.0794. The highest BCUT2D eigenvalue weighted by atomic mass is 16.4. The molecule has 0 spiro atoms. The number of rotatable bonds is 3. The largest absolute Gasteiger partial charge is 0.480 e. The first-order valence-corrected chi connectivity index (χ1v) is 5.67. The van der Waals surface area contributed by atoms with Gasteiger partial charge in [0.25, 0.3) is 0 Å². The van der Waals surface area contributed by atoms with Gasteiger partial charge in [0.05, 0.1) is 12.5 Å². The normalized spacial score (nSPS) is 23.1. The molecule has 6 heteroatoms. The Morgan fingerprint density at radius 2 is 2.28 bits per heavy atom. The van der Waals surface area contributed by atoms with E-state index in [0.29, 0.717) is 0 Å². The lowest BCUT2D eigenvalue weighted by molar-refractivity contribution is -0.148. The van der Waals surface area contributed by atoms with Crippen molar-refractivity contribution in [2.75, 3.05) is 6.54 Å². The Balaban J connectivity index is 2.06. The van der Waals surface area contributed by atoms with Crippen molar-refractivity contribution in [1.29, 1.82) is 0 Å². The van der Waals surface area contributed by atoms with Crippen molar-refractivity contribution in [3.63, 3.8) is 0 Å². The summed E-state index contributed by atoms with van der Waals surface area (Å²) in [5, 5.41) is 18.5. The number of β-amino-alcohol motifs (C(OH)–C–C–N with tert-alkyl or cyclic N) is 1. The number of carbonyl (C=O) groups is 2. The Bertz CT molecular complexity index is 449. The molecule has 2 N–H and O–H groups in total. The van der Waals surface area contributed by atoms with Gasteiger partial charge in [-0.1, -0.05) is 6.07 Å². The topological polar surface area (TPSA) is 90.7 Å². The summed E-state index contributed by atoms with van der Waals surface area (Å²) >= 11 is 0. The van der Waals surface area contributed by atoms with Crippen molar-refractivity contribution in [3.8, 4) is 0 Å². The van der Waals surface area contributed by atoms with Crippen LogP contribution in [-0.4, -0.2) is 50.7 Å². The molecule has 1 aromatic heterocycles. The number of aliphatic hydroxyl groups is 1. The van der Waals surface area contributed by atoms with Crippen LogP contribution in [0.15, 0.2) is 24.5 Å². The van der Waals surface area contributed by atoms with Crippen LogP contribution in [0.25, 0.3) is 0 Å². The van der Waals surface area contributed by atoms with Crippen molar-refractivity contribution < 1.29 is 19.8 Å². The molecule has 6 nitrogen and oxygen atoms in total. The minimum atomic E-state index is -1.08. The maximum Gasteiger partial charge on any atom is 0.326 e. The van der Waals surface area contributed by atoms with Crippen LogP contribution in [0.1, 0.15) is 12.0 Å². The first kappa shape index (κ1) is 12.5. The maximum absolute atomic E-state index is 12.0. The molecule has 18 heavy (non-hydrogen) atoms. The first-order chi connectivity index (χ1) is 8.58. The number of carbonyl (C=O) groups excluding carboxylic acids is 1. The SMILES string of the molecule is O=C(O)C1CC(O)CN1C(=O)Cc1cccnc1. The number of hydrogen-bond donors (Lipinski definition) is 2. The molecule has 2 unspecified atom stereocenters. The molecule has 1 aliphatic heterocycles. The van der Waals surface area contributed by atoms with Crippen LogP contribution < -0.4 is 0 Å². The molecule has 1 aromatic rings. The summed E-state index contributed by atoms with van der Waals surface area (Å²) in [7, 11) is 0. The van der Waals surface area contributed by atoms with Gasteiger partial charge in [0, 0.05) is 25.4 Å². The fourth-order valence-corrected chi connectivity index (χ4v) is 2.10. The molecule has 1 amide bonds. The van der Waals surface area contributed by atoms with Gasteiger partial charge in [-0.2, -0.15) is 0 Å². The molecule has 1 fully saturated rings. The van der Waals surface area contributed by atoms with Crippen molar-refractivity contribution in [1.82, 2.24) is 9.88 Å². The third kappa shape index (κ3) is 2.65. The molecule has 0 radical (unpaired) electrons. The standard InChI is InChI=1S/C12H14N2O4/c15-9-5-10(12(17)18)14(7-9)11(16)4-8-2-1-3-13-6-8/h1-3,6,9-10,15H,4-5,7H2,(H,17,18). The van der Waals surface area contributed by atoms with E-state index in [1.165, 1.54) is 4.90 Å². The van der Waals surface area contributed by atoms with Gasteiger partial charge in [0.15, 0.2) is 0 Å². The molecule has 2 atom stereocenters. The number of likely N-dealkylation sites (tertiary alicyclic amines) is 1. The van der Waals surface area contributed by atoms with Gasteiger partial charge in [0.1, 0.15) is 6.04 Å². The van der Waals surface area contributed by atoms with E-state index in [1.807, 2.05) is 0 Å². The van der Waals surface area contributed by atoms with Crippen LogP contribution in [0.4, 0.5) is 0 Å². The number of aromatic nitrogens is 1. The molecular weight excluding hydrogens is 236 g/mol. The van der Waals surface area contributed by atoms with E-state index in [2.05, 4.69) is 4.98 Å². The average molecular weight is 250 g/mol. The summed E-state index contributed by atoms with van der Waals surface area (Å²) in [6.07, 6.45) is 2.61. The number of hydrogen-bond acceptors (Lipinski definition) is 4. The van der Waals surface area contributed by atoms with E-state index in [-0.39, 0.29) is 25.3 Å². The van der Waals surface area contributed by atoms with E-state index in [1.54, 1.807) is 24.5 Å². The van der Waals surface area contributed by atoms with Crippen LogP contribution in [0.3, 0.4) is 0 Å². The first-order valence-electron chi connectivity index (χ1n) is 5.67. The Labute approximate surface area is 104 Å². The molecular formula is C12H14N2O4. The molecule has 0 bridgehead atoms. The number of carboxylic acid groups (broad SMARTS) is 1. The zero-order chi connectivity index (χ0) is 13.1. The number of pyridine rings is 1. The summed E-state index contributed by atoms with van der Waals surface area (Å²) in [5.74, 6) is -1.38. The van der Waals surface area contributed by atoms with Gasteiger partial charge in [0.2, 0.25) is 5.91 Å². The smallest absolute Gasteiger partial charge is 0.326 e. The van der Waals surface area contributed by atoms with Gasteiger partial charge >= 0.3 is 5.97 Å². The molecule has 1 aliphatic rings. The third-order valence-electron chi connectivity index (χ3n) is 2.96. The Hall–Kier alpha value is -1.95. The lowest BCUT2D eigenvalue weighted by atomic mass is 10.1. The van der Waals surface area contributed by atoms with E-state index >= 15 is 0 Å². The predicted octanol–water partition coefficient (Wildman–Crippen LogP) is -0.330. The Kier molecular flexibility index (Phi) is 3.57. The monoisotopic (exact) mass is 250 g/mol. The Morgan fingerprint density at radius 3 is 2.89 bits per heavy atom. The van der Waals surface area contributed by atoms with Crippen LogP contribution in [0.2, 0.25) is 0 Å². The maximum atomic E-state index is 12.0. The van der Waals surface area contributed by atoms with Crippen LogP contribution in [0.5, 0.6) is 0 Å². The van der Waals surface area contributed by atoms with E-state index in [9.17, 15) is 14.7 Å². The highest BCUT2D eigenvalue weighted by Gasteiger charge is 2.38. The summed E-state index contributed by atoms with van der Waals surface area (Å²) in [4.78, 5) is 28.1. The minimum absolute atomic E-state index is 0.0794. The molecule has 2 rings (SSSR count). The lowest BCUT2D eigenvalue weighted by Crippen LogP contribution is -2.41. The average Bonchev–Trinajstić information content (AvgIpc) is 2.73. The van der Waals surface area contributed by atoms with Gasteiger partial charge in [-0.05, 0) is 11.6 Å². The van der Waals surface area contributed by atoms with Crippen molar-refractivity contribution >= 4 is 11.9 Å². The van der Waals surface area contributed by atoms with Gasteiger partial charge in [-0.25, -0.2) is 4.79 Å². The lowest BCUT2D eigenvalue weighted by Gasteiger charge is -2.21. The molecule has 0 aliphatic carbocycles. The van der Waals surface area contributed by atoms with Crippen LogP contribution in [0, 0.1) is 0 Å². The zero-order valence-corrected chi connectivity index (χ0v) is 9.69. The fraction of sp³-hybridized carbons (Fsp3) is 0.417. The number of aliphatic carboxylic acids is 1. The van der Waals surface area contributed by atoms with Crippen molar-refractivity contribution in [2.45, 2.75) is 25.0 Å². The fourth-order valence-electron chi connectivity index (χ4n) is 2.10. The van der Waals surface area contributed by atoms with Crippen molar-refractivity contribution in [3.05, 3.63) is 30.1 Å². The van der Waals surface area contributed by atoms with Crippen LogP contribution in [-0.2, 0) is 16.0 Å². The number of nitrogens with zero attached hydrogens (tertiary/aromatic N) is 2. The quantitative estimate of drug-likeness (QED) is 0.766. The molecule has 0 saturated carbocycles. The number of carboxylic acids is 1. The molecule has 2 heterocycles. The zero-order valence-electron chi connectivity index (χ0n) is 9.69. The summed E-state index contributed by atoms with van der Waals surface area (Å²) in [6, 6.07) is 2.55. The second-order valence-electron chi connectivity index (χ2n) is 4.33. The third-order valence-corrected chi connectivity index (χ3v) is 2.96. The molecule has 96 valence electrons. The van der Waals surface area contributed by atoms with E-state index in [0.717, 1.165) is 5.56 Å². The number of amides is 1. The molecule has 1 saturated heterocycles. The highest BCUT2D eigenvalue weighted by molar-refractivity contribution is 5.85. The van der Waals surface area contributed by atoms with Crippen LogP contribution >= 0.6 is 0 Å². The predicted molar refractivity (Wildman–Crippen MR) is 61.7 cm³/mol. The van der Waals surface area contributed by atoms with Crippen molar-refractivity contribution in [2.24, 2.45) is 0 Å². The highest BCUT2D eigenvalue weighted by Crippen LogP contribution is 2.19. The van der Waals surface area contributed by atoms with Gasteiger partial charge in [-0.15, -0.1) is 0 Å². The summed E-state index contributed by atoms with van der Waals surface area (Å²) in [5.41, 5.74) is 0.730. The Morgan fingerprint density at radius 1 is 1.50 bits per heavy atom.